The molecule has 0 saturated heterocycles. The molecule has 17 heavy (non-hydrogen) atoms. The van der Waals surface area contributed by atoms with Gasteiger partial charge in [-0.25, -0.2) is 4.98 Å². The molecule has 0 aliphatic carbocycles. The summed E-state index contributed by atoms with van der Waals surface area (Å²) in [6.45, 7) is 5.25. The first-order valence-electron chi connectivity index (χ1n) is 6.30. The topological polar surface area (TPSA) is 43.8 Å². The Morgan fingerprint density at radius 1 is 1.41 bits per heavy atom. The van der Waals surface area contributed by atoms with Crippen molar-refractivity contribution in [2.24, 2.45) is 5.73 Å². The van der Waals surface area contributed by atoms with Gasteiger partial charge in [-0.15, -0.1) is 0 Å². The average Bonchev–Trinajstić information content (AvgIpc) is 2.75. The molecule has 1 aromatic heterocycles. The minimum absolute atomic E-state index is 0.151. The largest absolute Gasteiger partial charge is 0.328 e. The number of nitrogens with zero attached hydrogens (tertiary/aromatic N) is 2. The fraction of sp³-hybridized carbons (Fsp3) is 0.500. The van der Waals surface area contributed by atoms with Crippen molar-refractivity contribution in [1.29, 1.82) is 0 Å². The number of aryl methyl sites for hydroxylation is 2. The van der Waals surface area contributed by atoms with E-state index in [9.17, 15) is 0 Å². The molecule has 0 atom stereocenters. The van der Waals surface area contributed by atoms with Crippen LogP contribution in [0.5, 0.6) is 0 Å². The maximum atomic E-state index is 6.08. The maximum Gasteiger partial charge on any atom is 0.109 e. The molecule has 0 bridgehead atoms. The van der Waals surface area contributed by atoms with Crippen LogP contribution in [0.2, 0.25) is 0 Å². The van der Waals surface area contributed by atoms with Crippen molar-refractivity contribution >= 4 is 11.0 Å². The lowest BCUT2D eigenvalue weighted by Gasteiger charge is -2.18. The molecule has 0 unspecified atom stereocenters. The number of benzene rings is 1. The van der Waals surface area contributed by atoms with Crippen LogP contribution in [-0.4, -0.2) is 15.1 Å². The highest BCUT2D eigenvalue weighted by molar-refractivity contribution is 5.77. The third-order valence-corrected chi connectivity index (χ3v) is 3.33. The zero-order chi connectivity index (χ0) is 12.0. The Labute approximate surface area is 102 Å². The van der Waals surface area contributed by atoms with Gasteiger partial charge >= 0.3 is 0 Å². The van der Waals surface area contributed by atoms with E-state index in [1.165, 1.54) is 23.3 Å². The maximum absolute atomic E-state index is 6.08. The van der Waals surface area contributed by atoms with Gasteiger partial charge in [-0.05, 0) is 44.4 Å². The molecular formula is C14H19N3. The first-order valence-corrected chi connectivity index (χ1v) is 6.30. The van der Waals surface area contributed by atoms with Gasteiger partial charge < -0.3 is 10.3 Å². The Morgan fingerprint density at radius 2 is 2.24 bits per heavy atom. The van der Waals surface area contributed by atoms with Gasteiger partial charge in [-0.3, -0.25) is 0 Å². The van der Waals surface area contributed by atoms with Crippen LogP contribution >= 0.6 is 0 Å². The normalized spacial score (nSPS) is 15.5. The minimum atomic E-state index is -0.151. The summed E-state index contributed by atoms with van der Waals surface area (Å²) in [4.78, 5) is 4.66. The second kappa shape index (κ2) is 3.57. The zero-order valence-electron chi connectivity index (χ0n) is 10.5. The van der Waals surface area contributed by atoms with Gasteiger partial charge in [0.15, 0.2) is 0 Å². The molecular weight excluding hydrogens is 210 g/mol. The van der Waals surface area contributed by atoms with Crippen LogP contribution < -0.4 is 5.73 Å². The van der Waals surface area contributed by atoms with Gasteiger partial charge in [0.05, 0.1) is 11.0 Å². The summed E-state index contributed by atoms with van der Waals surface area (Å²) in [5.41, 5.74) is 9.63. The van der Waals surface area contributed by atoms with E-state index in [0.29, 0.717) is 0 Å². The molecule has 3 nitrogen and oxygen atoms in total. The Hall–Kier alpha value is -1.35. The van der Waals surface area contributed by atoms with Crippen molar-refractivity contribution in [3.63, 3.8) is 0 Å². The number of aromatic nitrogens is 2. The van der Waals surface area contributed by atoms with Crippen molar-refractivity contribution in [2.45, 2.75) is 45.2 Å². The van der Waals surface area contributed by atoms with E-state index in [1.807, 2.05) is 0 Å². The third-order valence-electron chi connectivity index (χ3n) is 3.33. The summed E-state index contributed by atoms with van der Waals surface area (Å²) in [7, 11) is 0. The van der Waals surface area contributed by atoms with Crippen LogP contribution in [0.1, 0.15) is 31.7 Å². The van der Waals surface area contributed by atoms with Crippen LogP contribution in [0.15, 0.2) is 18.2 Å². The fourth-order valence-electron chi connectivity index (χ4n) is 2.69. The first-order chi connectivity index (χ1) is 8.03. The lowest BCUT2D eigenvalue weighted by atomic mass is 9.96. The Kier molecular flexibility index (Phi) is 2.26. The van der Waals surface area contributed by atoms with E-state index in [0.717, 1.165) is 24.9 Å². The van der Waals surface area contributed by atoms with Crippen molar-refractivity contribution in [3.8, 4) is 0 Å². The van der Waals surface area contributed by atoms with E-state index >= 15 is 0 Å². The molecule has 0 spiro atoms. The summed E-state index contributed by atoms with van der Waals surface area (Å²) in [6, 6.07) is 6.53. The fourth-order valence-corrected chi connectivity index (χ4v) is 2.69. The summed E-state index contributed by atoms with van der Waals surface area (Å²) >= 11 is 0. The van der Waals surface area contributed by atoms with Crippen molar-refractivity contribution in [1.82, 2.24) is 9.55 Å². The van der Waals surface area contributed by atoms with Crippen LogP contribution in [0.25, 0.3) is 11.0 Å². The monoisotopic (exact) mass is 229 g/mol. The van der Waals surface area contributed by atoms with Gasteiger partial charge in [0.25, 0.3) is 0 Å². The summed E-state index contributed by atoms with van der Waals surface area (Å²) in [6.07, 6.45) is 3.25. The highest BCUT2D eigenvalue weighted by Gasteiger charge is 2.17. The van der Waals surface area contributed by atoms with Gasteiger partial charge in [0.1, 0.15) is 5.82 Å². The first kappa shape index (κ1) is 10.8. The minimum Gasteiger partial charge on any atom is -0.328 e. The van der Waals surface area contributed by atoms with Crippen LogP contribution in [-0.2, 0) is 19.4 Å². The van der Waals surface area contributed by atoms with Crippen LogP contribution in [0.3, 0.4) is 0 Å². The van der Waals surface area contributed by atoms with Crippen molar-refractivity contribution in [2.75, 3.05) is 0 Å². The average molecular weight is 229 g/mol. The van der Waals surface area contributed by atoms with Gasteiger partial charge in [0, 0.05) is 18.5 Å². The molecule has 1 aromatic carbocycles. The number of hydrogen-bond donors (Lipinski definition) is 1. The smallest absolute Gasteiger partial charge is 0.109 e. The Morgan fingerprint density at radius 3 is 3.00 bits per heavy atom. The van der Waals surface area contributed by atoms with Crippen LogP contribution in [0, 0.1) is 0 Å². The molecule has 3 rings (SSSR count). The SMILES string of the molecule is CC(C)(N)Cc1ccc2nc3n(c2c1)CCC3. The summed E-state index contributed by atoms with van der Waals surface area (Å²) < 4.78 is 2.35. The second-order valence-electron chi connectivity index (χ2n) is 5.77. The third kappa shape index (κ3) is 1.95. The lowest BCUT2D eigenvalue weighted by molar-refractivity contribution is 0.517. The Balaban J connectivity index is 2.06. The van der Waals surface area contributed by atoms with Crippen LogP contribution in [0.4, 0.5) is 0 Å². The number of nitrogens with two attached hydrogens (primary N) is 1. The highest BCUT2D eigenvalue weighted by atomic mass is 15.1. The predicted octanol–water partition coefficient (Wildman–Crippen LogP) is 2.26. The molecule has 1 aliphatic rings. The zero-order valence-corrected chi connectivity index (χ0v) is 10.5. The molecule has 0 saturated carbocycles. The highest BCUT2D eigenvalue weighted by Crippen LogP contribution is 2.24. The second-order valence-corrected chi connectivity index (χ2v) is 5.77. The molecule has 0 fully saturated rings. The molecule has 90 valence electrons. The van der Waals surface area contributed by atoms with Crippen molar-refractivity contribution < 1.29 is 0 Å². The lowest BCUT2D eigenvalue weighted by Crippen LogP contribution is -2.34. The standard InChI is InChI=1S/C14H19N3/c1-14(2,15)9-10-5-6-11-12(8-10)17-7-3-4-13(17)16-11/h5-6,8H,3-4,7,9,15H2,1-2H3. The molecule has 0 radical (unpaired) electrons. The van der Waals surface area contributed by atoms with Gasteiger partial charge in [-0.2, -0.15) is 0 Å². The Bertz CT molecular complexity index is 561. The summed E-state index contributed by atoms with van der Waals surface area (Å²) in [5.74, 6) is 1.24. The van der Waals surface area contributed by atoms with E-state index in [2.05, 4.69) is 41.6 Å². The number of fused-ring (bicyclic) bond motifs is 3. The van der Waals surface area contributed by atoms with Gasteiger partial charge in [0.2, 0.25) is 0 Å². The van der Waals surface area contributed by atoms with Gasteiger partial charge in [-0.1, -0.05) is 6.07 Å². The molecule has 3 heteroatoms. The van der Waals surface area contributed by atoms with Crippen molar-refractivity contribution in [3.05, 3.63) is 29.6 Å². The van der Waals surface area contributed by atoms with E-state index in [-0.39, 0.29) is 5.54 Å². The quantitative estimate of drug-likeness (QED) is 0.858. The number of imidazole rings is 1. The number of hydrogen-bond acceptors (Lipinski definition) is 2. The molecule has 2 aromatic rings. The van der Waals surface area contributed by atoms with E-state index in [1.54, 1.807) is 0 Å². The number of rotatable bonds is 2. The molecule has 1 aliphatic heterocycles. The molecule has 0 amide bonds. The predicted molar refractivity (Wildman–Crippen MR) is 70.0 cm³/mol. The molecule has 2 heterocycles. The summed E-state index contributed by atoms with van der Waals surface area (Å²) in [5, 5.41) is 0. The van der Waals surface area contributed by atoms with E-state index < -0.39 is 0 Å². The van der Waals surface area contributed by atoms with E-state index in [4.69, 9.17) is 5.73 Å². The molecule has 2 N–H and O–H groups in total.